The molecule has 0 N–H and O–H groups in total. The summed E-state index contributed by atoms with van der Waals surface area (Å²) in [6, 6.07) is 13.7. The summed E-state index contributed by atoms with van der Waals surface area (Å²) in [7, 11) is -6.56. The third-order valence-corrected chi connectivity index (χ3v) is 7.39. The molecule has 3 aromatic rings. The first kappa shape index (κ1) is 23.2. The molecule has 0 atom stereocenters. The molecule has 0 unspecified atom stereocenters. The Morgan fingerprint density at radius 1 is 0.969 bits per heavy atom. The van der Waals surface area contributed by atoms with Crippen LogP contribution in [0.3, 0.4) is 0 Å². The van der Waals surface area contributed by atoms with E-state index in [1.54, 1.807) is 0 Å². The maximum atomic E-state index is 14.0. The zero-order valence-corrected chi connectivity index (χ0v) is 18.4. The highest BCUT2D eigenvalue weighted by Crippen LogP contribution is 2.34. The molecule has 3 aromatic carbocycles. The van der Waals surface area contributed by atoms with Crippen LogP contribution in [0.1, 0.15) is 0 Å². The van der Waals surface area contributed by atoms with E-state index in [2.05, 4.69) is 0 Å². The minimum absolute atomic E-state index is 0.139. The largest absolute Gasteiger partial charge is 0.450 e. The number of nitro groups is 1. The molecule has 168 valence electrons. The molecule has 0 fully saturated rings. The van der Waals surface area contributed by atoms with Gasteiger partial charge in [-0.05, 0) is 48.5 Å². The number of nitrogens with zero attached hydrogens (tertiary/aromatic N) is 2. The summed E-state index contributed by atoms with van der Waals surface area (Å²) in [5.41, 5.74) is -0.348. The maximum Gasteiger partial charge on any atom is 0.312 e. The van der Waals surface area contributed by atoms with Crippen LogP contribution in [-0.2, 0) is 19.9 Å². The lowest BCUT2D eigenvalue weighted by Crippen LogP contribution is -2.27. The fourth-order valence-corrected chi connectivity index (χ4v) is 4.65. The van der Waals surface area contributed by atoms with Crippen molar-refractivity contribution in [3.05, 3.63) is 82.7 Å². The van der Waals surface area contributed by atoms with Gasteiger partial charge >= 0.3 is 5.69 Å². The van der Waals surface area contributed by atoms with Gasteiger partial charge in [0.25, 0.3) is 10.0 Å². The molecule has 0 aliphatic rings. The van der Waals surface area contributed by atoms with Crippen LogP contribution in [0.5, 0.6) is 11.5 Å². The fraction of sp³-hybridized carbons (Fsp3) is 0.100. The number of rotatable bonds is 7. The van der Waals surface area contributed by atoms with Gasteiger partial charge in [-0.2, -0.15) is 0 Å². The Balaban J connectivity index is 1.88. The Kier molecular flexibility index (Phi) is 6.19. The summed E-state index contributed by atoms with van der Waals surface area (Å²) in [5, 5.41) is 11.3. The van der Waals surface area contributed by atoms with Crippen molar-refractivity contribution in [2.24, 2.45) is 0 Å². The van der Waals surface area contributed by atoms with Crippen molar-refractivity contribution in [1.82, 2.24) is 0 Å². The highest BCUT2D eigenvalue weighted by Gasteiger charge is 2.25. The number of ether oxygens (including phenoxy) is 1. The number of nitro benzene ring substituents is 1. The molecule has 32 heavy (non-hydrogen) atoms. The predicted molar refractivity (Wildman–Crippen MR) is 115 cm³/mol. The zero-order valence-electron chi connectivity index (χ0n) is 16.8. The van der Waals surface area contributed by atoms with E-state index in [4.69, 9.17) is 4.74 Å². The number of sulfone groups is 1. The normalized spacial score (nSPS) is 11.7. The first-order chi connectivity index (χ1) is 14.9. The van der Waals surface area contributed by atoms with E-state index in [0.717, 1.165) is 34.8 Å². The summed E-state index contributed by atoms with van der Waals surface area (Å²) in [5.74, 6) is -0.938. The maximum absolute atomic E-state index is 14.0. The molecule has 0 bridgehead atoms. The summed E-state index contributed by atoms with van der Waals surface area (Å²) >= 11 is 0. The second kappa shape index (κ2) is 8.55. The third kappa shape index (κ3) is 4.70. The lowest BCUT2D eigenvalue weighted by atomic mass is 10.3. The minimum Gasteiger partial charge on any atom is -0.450 e. The van der Waals surface area contributed by atoms with Crippen molar-refractivity contribution in [2.45, 2.75) is 9.79 Å². The van der Waals surface area contributed by atoms with Gasteiger partial charge in [-0.1, -0.05) is 12.1 Å². The molecule has 0 saturated heterocycles. The fourth-order valence-electron chi connectivity index (χ4n) is 2.75. The topological polar surface area (TPSA) is 124 Å². The van der Waals surface area contributed by atoms with Crippen molar-refractivity contribution in [2.75, 3.05) is 17.6 Å². The summed E-state index contributed by atoms with van der Waals surface area (Å²) < 4.78 is 69.0. The van der Waals surface area contributed by atoms with Crippen molar-refractivity contribution in [3.63, 3.8) is 0 Å². The van der Waals surface area contributed by atoms with Crippen LogP contribution in [0.25, 0.3) is 0 Å². The average molecular weight is 480 g/mol. The molecule has 0 radical (unpaired) electrons. The number of anilines is 1. The van der Waals surface area contributed by atoms with Gasteiger partial charge in [-0.15, -0.1) is 0 Å². The number of hydrogen-bond acceptors (Lipinski definition) is 7. The van der Waals surface area contributed by atoms with E-state index >= 15 is 0 Å². The summed E-state index contributed by atoms with van der Waals surface area (Å²) in [4.78, 5) is 9.85. The zero-order chi connectivity index (χ0) is 23.7. The van der Waals surface area contributed by atoms with Crippen molar-refractivity contribution in [1.29, 1.82) is 0 Å². The molecule has 0 aromatic heterocycles. The molecule has 0 amide bonds. The van der Waals surface area contributed by atoms with E-state index in [-0.39, 0.29) is 22.1 Å². The van der Waals surface area contributed by atoms with Crippen LogP contribution in [-0.4, -0.2) is 35.1 Å². The molecule has 9 nitrogen and oxygen atoms in total. The van der Waals surface area contributed by atoms with Gasteiger partial charge in [0, 0.05) is 19.4 Å². The average Bonchev–Trinajstić information content (AvgIpc) is 2.73. The van der Waals surface area contributed by atoms with Crippen molar-refractivity contribution >= 4 is 31.2 Å². The van der Waals surface area contributed by atoms with Crippen molar-refractivity contribution in [3.8, 4) is 11.5 Å². The molecular formula is C20H17FN2O7S2. The third-order valence-electron chi connectivity index (χ3n) is 4.46. The molecule has 0 heterocycles. The molecule has 0 aliphatic heterocycles. The van der Waals surface area contributed by atoms with Crippen LogP contribution in [0.15, 0.2) is 76.5 Å². The second-order valence-electron chi connectivity index (χ2n) is 6.66. The molecule has 0 spiro atoms. The number of halogens is 1. The second-order valence-corrected chi connectivity index (χ2v) is 10.6. The Hall–Kier alpha value is -3.51. The van der Waals surface area contributed by atoms with Gasteiger partial charge in [-0.3, -0.25) is 14.4 Å². The summed E-state index contributed by atoms with van der Waals surface area (Å²) in [6.45, 7) is 0. The smallest absolute Gasteiger partial charge is 0.312 e. The van der Waals surface area contributed by atoms with Crippen LogP contribution in [0.2, 0.25) is 0 Å². The van der Waals surface area contributed by atoms with Gasteiger partial charge in [0.1, 0.15) is 16.5 Å². The monoisotopic (exact) mass is 480 g/mol. The Morgan fingerprint density at radius 3 is 2.16 bits per heavy atom. The molecule has 3 rings (SSSR count). The SMILES string of the molecule is CN(c1ccc(Oc2ccc(S(C)(=O)=O)cc2[N+](=O)[O-])cc1)S(=O)(=O)c1ccccc1F. The highest BCUT2D eigenvalue weighted by molar-refractivity contribution is 7.92. The van der Waals surface area contributed by atoms with E-state index in [9.17, 15) is 31.3 Å². The van der Waals surface area contributed by atoms with Gasteiger partial charge in [0.15, 0.2) is 9.84 Å². The molecule has 0 aliphatic carbocycles. The van der Waals surface area contributed by atoms with Crippen LogP contribution in [0.4, 0.5) is 15.8 Å². The van der Waals surface area contributed by atoms with Crippen LogP contribution >= 0.6 is 0 Å². The quantitative estimate of drug-likeness (QED) is 0.372. The van der Waals surface area contributed by atoms with E-state index in [1.807, 2.05) is 0 Å². The Morgan fingerprint density at radius 2 is 1.59 bits per heavy atom. The predicted octanol–water partition coefficient (Wildman–Crippen LogP) is 3.75. The number of hydrogen-bond donors (Lipinski definition) is 0. The van der Waals surface area contributed by atoms with Crippen molar-refractivity contribution < 1.29 is 30.9 Å². The van der Waals surface area contributed by atoms with E-state index in [0.29, 0.717) is 0 Å². The van der Waals surface area contributed by atoms with Gasteiger partial charge < -0.3 is 4.74 Å². The first-order valence-corrected chi connectivity index (χ1v) is 12.2. The van der Waals surface area contributed by atoms with Gasteiger partial charge in [0.05, 0.1) is 15.5 Å². The number of sulfonamides is 1. The Labute approximate surface area is 183 Å². The summed E-state index contributed by atoms with van der Waals surface area (Å²) in [6.07, 6.45) is 0.928. The lowest BCUT2D eigenvalue weighted by molar-refractivity contribution is -0.385. The van der Waals surface area contributed by atoms with Crippen LogP contribution < -0.4 is 9.04 Å². The lowest BCUT2D eigenvalue weighted by Gasteiger charge is -2.20. The first-order valence-electron chi connectivity index (χ1n) is 8.91. The molecular weight excluding hydrogens is 463 g/mol. The Bertz CT molecular complexity index is 1390. The number of benzene rings is 3. The van der Waals surface area contributed by atoms with Gasteiger partial charge in [-0.25, -0.2) is 21.2 Å². The molecule has 0 saturated carbocycles. The van der Waals surface area contributed by atoms with Gasteiger partial charge in [0.2, 0.25) is 5.75 Å². The molecule has 12 heteroatoms. The minimum atomic E-state index is -4.16. The van der Waals surface area contributed by atoms with E-state index in [1.165, 1.54) is 49.5 Å². The van der Waals surface area contributed by atoms with E-state index < -0.39 is 41.2 Å². The van der Waals surface area contributed by atoms with Crippen LogP contribution in [0, 0.1) is 15.9 Å². The standard InChI is InChI=1S/C20H17FN2O7S2/c1-22(32(28,29)20-6-4-3-5-17(20)21)14-7-9-15(10-8-14)30-19-12-11-16(31(2,26)27)13-18(19)23(24)25/h3-13H,1-2H3. The highest BCUT2D eigenvalue weighted by atomic mass is 32.2.